The lowest BCUT2D eigenvalue weighted by atomic mass is 10.3. The first-order valence-corrected chi connectivity index (χ1v) is 9.13. The number of unbranched alkanes of at least 4 members (excludes halogenated alkanes) is 2. The summed E-state index contributed by atoms with van der Waals surface area (Å²) in [5.41, 5.74) is 5.87. The van der Waals surface area contributed by atoms with Crippen LogP contribution >= 0.6 is 0 Å². The molecular formula is C17H29N5O4. The van der Waals surface area contributed by atoms with Crippen LogP contribution in [0, 0.1) is 0 Å². The van der Waals surface area contributed by atoms with E-state index in [9.17, 15) is 4.79 Å². The van der Waals surface area contributed by atoms with Crippen molar-refractivity contribution >= 4 is 17.1 Å². The van der Waals surface area contributed by atoms with E-state index in [1.807, 2.05) is 0 Å². The number of aromatic nitrogens is 4. The van der Waals surface area contributed by atoms with E-state index in [-0.39, 0.29) is 29.9 Å². The van der Waals surface area contributed by atoms with E-state index in [2.05, 4.69) is 28.8 Å². The molecule has 0 atom stereocenters. The van der Waals surface area contributed by atoms with E-state index < -0.39 is 0 Å². The molecule has 0 saturated heterocycles. The van der Waals surface area contributed by atoms with Gasteiger partial charge in [-0.15, -0.1) is 0 Å². The summed E-state index contributed by atoms with van der Waals surface area (Å²) in [6.07, 6.45) is 5.51. The van der Waals surface area contributed by atoms with Crippen molar-refractivity contribution in [2.75, 3.05) is 32.2 Å². The Morgan fingerprint density at radius 2 is 1.85 bits per heavy atom. The fourth-order valence-electron chi connectivity index (χ4n) is 2.32. The highest BCUT2D eigenvalue weighted by Crippen LogP contribution is 2.08. The number of aromatic amines is 1. The largest absolute Gasteiger partial charge is 0.379 e. The molecule has 146 valence electrons. The quantitative estimate of drug-likeness (QED) is 0.517. The maximum absolute atomic E-state index is 11.8. The van der Waals surface area contributed by atoms with Crippen LogP contribution in [0.25, 0.3) is 11.2 Å². The lowest BCUT2D eigenvalue weighted by Gasteiger charge is -2.18. The first-order chi connectivity index (χ1) is 12.7. The molecule has 0 amide bonds. The molecule has 0 radical (unpaired) electrons. The van der Waals surface area contributed by atoms with Crippen molar-refractivity contribution in [3.05, 3.63) is 16.7 Å². The molecule has 2 aromatic rings. The molecule has 0 aliphatic heterocycles. The average Bonchev–Trinajstić information content (AvgIpc) is 3.02. The van der Waals surface area contributed by atoms with E-state index in [0.717, 1.165) is 25.7 Å². The fourth-order valence-corrected chi connectivity index (χ4v) is 2.32. The molecule has 2 rings (SSSR count). The summed E-state index contributed by atoms with van der Waals surface area (Å²) in [6, 6.07) is 0. The number of nitrogens with two attached hydrogens (primary N) is 1. The molecule has 0 bridgehead atoms. The summed E-state index contributed by atoms with van der Waals surface area (Å²) in [5, 5.41) is 0. The molecular weight excluding hydrogens is 338 g/mol. The average molecular weight is 367 g/mol. The summed E-state index contributed by atoms with van der Waals surface area (Å²) < 4.78 is 18.9. The van der Waals surface area contributed by atoms with Crippen molar-refractivity contribution in [3.63, 3.8) is 0 Å². The van der Waals surface area contributed by atoms with Crippen molar-refractivity contribution in [3.8, 4) is 0 Å². The predicted octanol–water partition coefficient (Wildman–Crippen LogP) is 1.68. The molecule has 0 spiro atoms. The Morgan fingerprint density at radius 1 is 1.19 bits per heavy atom. The van der Waals surface area contributed by atoms with Gasteiger partial charge < -0.3 is 19.9 Å². The van der Waals surface area contributed by atoms with Crippen LogP contribution in [-0.4, -0.2) is 52.1 Å². The third kappa shape index (κ3) is 6.08. The first kappa shape index (κ1) is 20.3. The van der Waals surface area contributed by atoms with Crippen LogP contribution in [0.5, 0.6) is 0 Å². The second kappa shape index (κ2) is 10.9. The number of hydrogen-bond acceptors (Lipinski definition) is 7. The molecule has 9 heteroatoms. The third-order valence-corrected chi connectivity index (χ3v) is 3.83. The zero-order valence-electron chi connectivity index (χ0n) is 15.6. The number of H-pyrrole nitrogens is 1. The van der Waals surface area contributed by atoms with Crippen molar-refractivity contribution in [1.82, 2.24) is 19.5 Å². The monoisotopic (exact) mass is 367 g/mol. The Balaban J connectivity index is 1.95. The van der Waals surface area contributed by atoms with Gasteiger partial charge in [0.25, 0.3) is 5.56 Å². The van der Waals surface area contributed by atoms with Gasteiger partial charge in [0.05, 0.1) is 19.5 Å². The number of ether oxygens (including phenoxy) is 3. The van der Waals surface area contributed by atoms with Crippen molar-refractivity contribution in [1.29, 1.82) is 0 Å². The molecule has 9 nitrogen and oxygen atoms in total. The first-order valence-electron chi connectivity index (χ1n) is 9.13. The van der Waals surface area contributed by atoms with Gasteiger partial charge in [-0.2, -0.15) is 4.98 Å². The van der Waals surface area contributed by atoms with Gasteiger partial charge in [-0.1, -0.05) is 26.7 Å². The van der Waals surface area contributed by atoms with Gasteiger partial charge in [0.15, 0.2) is 11.2 Å². The van der Waals surface area contributed by atoms with Crippen LogP contribution in [0.1, 0.15) is 39.5 Å². The van der Waals surface area contributed by atoms with Crippen LogP contribution in [-0.2, 0) is 20.9 Å². The molecule has 0 saturated carbocycles. The maximum Gasteiger partial charge on any atom is 0.280 e. The number of fused-ring (bicyclic) bond motifs is 1. The zero-order chi connectivity index (χ0) is 18.8. The molecule has 0 aromatic carbocycles. The number of nitrogens with zero attached hydrogens (tertiary/aromatic N) is 3. The maximum atomic E-state index is 11.8. The van der Waals surface area contributed by atoms with Crippen molar-refractivity contribution in [2.45, 2.75) is 52.4 Å². The molecule has 3 N–H and O–H groups in total. The number of anilines is 1. The highest BCUT2D eigenvalue weighted by molar-refractivity contribution is 5.70. The minimum Gasteiger partial charge on any atom is -0.379 e. The standard InChI is InChI=1S/C17H29N5O4/c1-3-5-7-24-9-13(10-25-8-6-4-2)26-12-22-11-19-14-15(22)20-17(18)21-16(14)23/h11,13H,3-10,12H2,1-2H3,(H3,18,20,21,23). The van der Waals surface area contributed by atoms with E-state index >= 15 is 0 Å². The van der Waals surface area contributed by atoms with Gasteiger partial charge in [-0.25, -0.2) is 4.98 Å². The Bertz CT molecular complexity index is 703. The van der Waals surface area contributed by atoms with Gasteiger partial charge in [-0.3, -0.25) is 14.3 Å². The SMILES string of the molecule is CCCCOCC(COCCCC)OCn1cnc2c(=O)[nH]c(N)nc21. The highest BCUT2D eigenvalue weighted by atomic mass is 16.6. The Kier molecular flexibility index (Phi) is 8.52. The smallest absolute Gasteiger partial charge is 0.280 e. The minimum atomic E-state index is -0.367. The van der Waals surface area contributed by atoms with E-state index in [0.29, 0.717) is 32.1 Å². The number of nitrogens with one attached hydrogen (secondary N) is 1. The Hall–Kier alpha value is -1.97. The predicted molar refractivity (Wildman–Crippen MR) is 98.9 cm³/mol. The summed E-state index contributed by atoms with van der Waals surface area (Å²) >= 11 is 0. The summed E-state index contributed by atoms with van der Waals surface area (Å²) in [7, 11) is 0. The van der Waals surface area contributed by atoms with Crippen LogP contribution in [0.15, 0.2) is 11.1 Å². The molecule has 0 aliphatic rings. The van der Waals surface area contributed by atoms with Gasteiger partial charge in [0.2, 0.25) is 5.95 Å². The summed E-state index contributed by atoms with van der Waals surface area (Å²) in [4.78, 5) is 22.4. The van der Waals surface area contributed by atoms with Crippen LogP contribution in [0.2, 0.25) is 0 Å². The lowest BCUT2D eigenvalue weighted by molar-refractivity contribution is -0.0815. The minimum absolute atomic E-state index is 0.0478. The Morgan fingerprint density at radius 3 is 2.46 bits per heavy atom. The normalized spacial score (nSPS) is 11.7. The molecule has 0 unspecified atom stereocenters. The van der Waals surface area contributed by atoms with E-state index in [1.165, 1.54) is 6.33 Å². The van der Waals surface area contributed by atoms with Crippen LogP contribution in [0.4, 0.5) is 5.95 Å². The lowest BCUT2D eigenvalue weighted by Crippen LogP contribution is -2.27. The van der Waals surface area contributed by atoms with Gasteiger partial charge >= 0.3 is 0 Å². The van der Waals surface area contributed by atoms with Crippen molar-refractivity contribution < 1.29 is 14.2 Å². The fraction of sp³-hybridized carbons (Fsp3) is 0.706. The summed E-state index contributed by atoms with van der Waals surface area (Å²) in [5.74, 6) is 0.0478. The highest BCUT2D eigenvalue weighted by Gasteiger charge is 2.13. The number of rotatable bonds is 13. The number of imidazole rings is 1. The Labute approximate surface area is 152 Å². The third-order valence-electron chi connectivity index (χ3n) is 3.83. The molecule has 2 heterocycles. The van der Waals surface area contributed by atoms with Crippen LogP contribution in [0.3, 0.4) is 0 Å². The van der Waals surface area contributed by atoms with Crippen LogP contribution < -0.4 is 11.3 Å². The van der Waals surface area contributed by atoms with E-state index in [4.69, 9.17) is 19.9 Å². The second-order valence-electron chi connectivity index (χ2n) is 6.11. The van der Waals surface area contributed by atoms with Crippen molar-refractivity contribution in [2.24, 2.45) is 0 Å². The molecule has 2 aromatic heterocycles. The number of nitrogen functional groups attached to an aromatic ring is 1. The number of hydrogen-bond donors (Lipinski definition) is 2. The molecule has 0 fully saturated rings. The van der Waals surface area contributed by atoms with Gasteiger partial charge in [-0.05, 0) is 12.8 Å². The summed E-state index contributed by atoms with van der Waals surface area (Å²) in [6.45, 7) is 6.74. The molecule has 26 heavy (non-hydrogen) atoms. The zero-order valence-corrected chi connectivity index (χ0v) is 15.6. The topological polar surface area (TPSA) is 117 Å². The van der Waals surface area contributed by atoms with Gasteiger partial charge in [0, 0.05) is 13.2 Å². The van der Waals surface area contributed by atoms with Gasteiger partial charge in [0.1, 0.15) is 12.8 Å². The second-order valence-corrected chi connectivity index (χ2v) is 6.11. The molecule has 0 aliphatic carbocycles. The van der Waals surface area contributed by atoms with E-state index in [1.54, 1.807) is 4.57 Å².